The Balaban J connectivity index is 1.15. The lowest BCUT2D eigenvalue weighted by molar-refractivity contribution is -0.138. The molecule has 0 saturated carbocycles. The molecule has 8 heteroatoms. The Morgan fingerprint density at radius 2 is 1.00 bits per heavy atom. The summed E-state index contributed by atoms with van der Waals surface area (Å²) in [6, 6.07) is 14.6. The zero-order valence-corrected chi connectivity index (χ0v) is 19.4. The number of imide groups is 2. The maximum absolute atomic E-state index is 12.1. The Kier molecular flexibility index (Phi) is 6.95. The van der Waals surface area contributed by atoms with E-state index in [4.69, 9.17) is 9.47 Å². The van der Waals surface area contributed by atoms with Gasteiger partial charge in [-0.15, -0.1) is 0 Å². The molecule has 2 atom stereocenters. The molecule has 2 aliphatic rings. The van der Waals surface area contributed by atoms with Crippen LogP contribution in [0.1, 0.15) is 48.6 Å². The van der Waals surface area contributed by atoms with E-state index in [1.807, 2.05) is 48.5 Å². The minimum absolute atomic E-state index is 0.151. The molecular formula is C26H28N2O6. The number of unbranched alkanes of at least 4 members (excludes halogenated alkanes) is 1. The van der Waals surface area contributed by atoms with Crippen molar-refractivity contribution in [1.82, 2.24) is 9.80 Å². The van der Waals surface area contributed by atoms with Crippen LogP contribution in [-0.4, -0.2) is 60.7 Å². The van der Waals surface area contributed by atoms with Gasteiger partial charge in [0.15, 0.2) is 0 Å². The summed E-state index contributed by atoms with van der Waals surface area (Å²) < 4.78 is 11.5. The molecule has 0 aromatic heterocycles. The summed E-state index contributed by atoms with van der Waals surface area (Å²) in [7, 11) is 3.03. The first-order chi connectivity index (χ1) is 16.3. The monoisotopic (exact) mass is 464 g/mol. The van der Waals surface area contributed by atoms with E-state index >= 15 is 0 Å². The summed E-state index contributed by atoms with van der Waals surface area (Å²) in [6.45, 7) is 1.08. The highest BCUT2D eigenvalue weighted by atomic mass is 16.5. The summed E-state index contributed by atoms with van der Waals surface area (Å²) in [5.74, 6) is 0.00182. The predicted molar refractivity (Wildman–Crippen MR) is 123 cm³/mol. The third-order valence-electron chi connectivity index (χ3n) is 6.40. The maximum atomic E-state index is 12.1. The second-order valence-electron chi connectivity index (χ2n) is 8.64. The fraction of sp³-hybridized carbons (Fsp3) is 0.385. The van der Waals surface area contributed by atoms with Gasteiger partial charge in [-0.3, -0.25) is 29.0 Å². The van der Waals surface area contributed by atoms with Crippen LogP contribution in [0, 0.1) is 0 Å². The number of hydrogen-bond donors (Lipinski definition) is 0. The van der Waals surface area contributed by atoms with Crippen LogP contribution in [0.15, 0.2) is 48.5 Å². The molecule has 0 aliphatic carbocycles. The van der Waals surface area contributed by atoms with Gasteiger partial charge in [-0.05, 0) is 48.2 Å². The molecule has 2 unspecified atom stereocenters. The number of hydrogen-bond acceptors (Lipinski definition) is 6. The molecule has 2 aromatic rings. The molecule has 8 nitrogen and oxygen atoms in total. The number of likely N-dealkylation sites (tertiary alicyclic amines) is 2. The van der Waals surface area contributed by atoms with Crippen LogP contribution in [0.4, 0.5) is 0 Å². The van der Waals surface area contributed by atoms with Gasteiger partial charge in [0, 0.05) is 26.9 Å². The SMILES string of the molecule is CN1C(=O)CC(c2ccc(OCCCCOc3ccc(C4CC(=O)N(C)C4=O)cc3)cc2)C1=O. The van der Waals surface area contributed by atoms with Gasteiger partial charge in [-0.1, -0.05) is 24.3 Å². The molecule has 178 valence electrons. The van der Waals surface area contributed by atoms with Crippen molar-refractivity contribution >= 4 is 23.6 Å². The Bertz CT molecular complexity index is 992. The van der Waals surface area contributed by atoms with Crippen LogP contribution in [0.5, 0.6) is 11.5 Å². The van der Waals surface area contributed by atoms with E-state index < -0.39 is 11.8 Å². The largest absolute Gasteiger partial charge is 0.494 e. The van der Waals surface area contributed by atoms with Crippen LogP contribution < -0.4 is 9.47 Å². The third kappa shape index (κ3) is 4.95. The molecule has 0 N–H and O–H groups in total. The molecule has 2 heterocycles. The van der Waals surface area contributed by atoms with E-state index in [0.29, 0.717) is 13.2 Å². The van der Waals surface area contributed by atoms with Crippen molar-refractivity contribution in [3.63, 3.8) is 0 Å². The van der Waals surface area contributed by atoms with Gasteiger partial charge in [0.1, 0.15) is 11.5 Å². The topological polar surface area (TPSA) is 93.2 Å². The van der Waals surface area contributed by atoms with Crippen LogP contribution >= 0.6 is 0 Å². The van der Waals surface area contributed by atoms with Crippen molar-refractivity contribution in [2.45, 2.75) is 37.5 Å². The molecule has 2 aliphatic heterocycles. The van der Waals surface area contributed by atoms with Crippen LogP contribution in [0.25, 0.3) is 0 Å². The van der Waals surface area contributed by atoms with E-state index in [1.54, 1.807) is 0 Å². The van der Waals surface area contributed by atoms with E-state index in [-0.39, 0.29) is 36.5 Å². The first-order valence-corrected chi connectivity index (χ1v) is 11.4. The summed E-state index contributed by atoms with van der Waals surface area (Å²) in [5.41, 5.74) is 1.65. The highest BCUT2D eigenvalue weighted by Gasteiger charge is 2.37. The van der Waals surface area contributed by atoms with Crippen LogP contribution in [-0.2, 0) is 19.2 Å². The van der Waals surface area contributed by atoms with Crippen molar-refractivity contribution in [2.24, 2.45) is 0 Å². The number of nitrogens with zero attached hydrogens (tertiary/aromatic N) is 2. The smallest absolute Gasteiger partial charge is 0.236 e. The zero-order valence-electron chi connectivity index (χ0n) is 19.4. The van der Waals surface area contributed by atoms with Crippen molar-refractivity contribution in [1.29, 1.82) is 0 Å². The quantitative estimate of drug-likeness (QED) is 0.419. The molecule has 34 heavy (non-hydrogen) atoms. The third-order valence-corrected chi connectivity index (χ3v) is 6.40. The van der Waals surface area contributed by atoms with Gasteiger partial charge in [0.25, 0.3) is 0 Å². The van der Waals surface area contributed by atoms with Crippen molar-refractivity contribution in [2.75, 3.05) is 27.3 Å². The standard InChI is InChI=1S/C26H28N2O6/c1-27-23(29)15-21(25(27)31)17-5-9-19(10-6-17)33-13-3-4-14-34-20-11-7-18(8-12-20)22-16-24(30)28(2)26(22)32/h5-12,21-22H,3-4,13-16H2,1-2H3. The average Bonchev–Trinajstić information content (AvgIpc) is 3.26. The van der Waals surface area contributed by atoms with Gasteiger partial charge >= 0.3 is 0 Å². The lowest BCUT2D eigenvalue weighted by Gasteiger charge is -2.12. The number of benzene rings is 2. The van der Waals surface area contributed by atoms with Crippen LogP contribution in [0.2, 0.25) is 0 Å². The van der Waals surface area contributed by atoms with Gasteiger partial charge < -0.3 is 9.47 Å². The molecular weight excluding hydrogens is 436 g/mol. The number of ether oxygens (including phenoxy) is 2. The maximum Gasteiger partial charge on any atom is 0.236 e. The Labute approximate surface area is 198 Å². The predicted octanol–water partition coefficient (Wildman–Crippen LogP) is 2.87. The fourth-order valence-electron chi connectivity index (χ4n) is 4.21. The van der Waals surface area contributed by atoms with E-state index in [9.17, 15) is 19.2 Å². The van der Waals surface area contributed by atoms with Gasteiger partial charge in [-0.25, -0.2) is 0 Å². The van der Waals surface area contributed by atoms with Crippen LogP contribution in [0.3, 0.4) is 0 Å². The van der Waals surface area contributed by atoms with Crippen molar-refractivity contribution in [3.05, 3.63) is 59.7 Å². The average molecular weight is 465 g/mol. The summed E-state index contributed by atoms with van der Waals surface area (Å²) in [6.07, 6.45) is 2.05. The van der Waals surface area contributed by atoms with Gasteiger partial charge in [0.2, 0.25) is 23.6 Å². The highest BCUT2D eigenvalue weighted by Crippen LogP contribution is 2.31. The van der Waals surface area contributed by atoms with Gasteiger partial charge in [0.05, 0.1) is 25.0 Å². The minimum Gasteiger partial charge on any atom is -0.494 e. The molecule has 4 rings (SSSR count). The summed E-state index contributed by atoms with van der Waals surface area (Å²) in [4.78, 5) is 50.0. The Morgan fingerprint density at radius 1 is 0.647 bits per heavy atom. The van der Waals surface area contributed by atoms with Gasteiger partial charge in [-0.2, -0.15) is 0 Å². The molecule has 0 radical (unpaired) electrons. The molecule has 0 bridgehead atoms. The molecule has 2 saturated heterocycles. The lowest BCUT2D eigenvalue weighted by Crippen LogP contribution is -2.25. The number of amides is 4. The Hall–Kier alpha value is -3.68. The summed E-state index contributed by atoms with van der Waals surface area (Å²) >= 11 is 0. The first kappa shape index (κ1) is 23.5. The normalized spacial score (nSPS) is 20.4. The van der Waals surface area contributed by atoms with E-state index in [2.05, 4.69) is 0 Å². The number of carbonyl (C=O) groups is 4. The number of rotatable bonds is 9. The lowest BCUT2D eigenvalue weighted by atomic mass is 9.97. The molecule has 2 aromatic carbocycles. The molecule has 4 amide bonds. The second-order valence-corrected chi connectivity index (χ2v) is 8.64. The molecule has 0 spiro atoms. The highest BCUT2D eigenvalue weighted by molar-refractivity contribution is 6.06. The van der Waals surface area contributed by atoms with Crippen molar-refractivity contribution < 1.29 is 28.7 Å². The van der Waals surface area contributed by atoms with E-state index in [0.717, 1.165) is 35.5 Å². The number of likely N-dealkylation sites (N-methyl/N-ethyl adjacent to an activating group) is 2. The van der Waals surface area contributed by atoms with E-state index in [1.165, 1.54) is 23.9 Å². The summed E-state index contributed by atoms with van der Waals surface area (Å²) in [5, 5.41) is 0. The number of carbonyl (C=O) groups excluding carboxylic acids is 4. The van der Waals surface area contributed by atoms with Crippen molar-refractivity contribution in [3.8, 4) is 11.5 Å². The minimum atomic E-state index is -0.403. The molecule has 2 fully saturated rings. The zero-order chi connectivity index (χ0) is 24.2. The second kappa shape index (κ2) is 10.1. The first-order valence-electron chi connectivity index (χ1n) is 11.4. The Morgan fingerprint density at radius 3 is 1.29 bits per heavy atom. The fourth-order valence-corrected chi connectivity index (χ4v) is 4.21.